The minimum Gasteiger partial charge on any atom is -0.350 e. The van der Waals surface area contributed by atoms with E-state index in [4.69, 9.17) is 11.6 Å². The lowest BCUT2D eigenvalue weighted by atomic mass is 9.98. The van der Waals surface area contributed by atoms with Crippen LogP contribution >= 0.6 is 11.6 Å². The van der Waals surface area contributed by atoms with E-state index in [-0.39, 0.29) is 18.9 Å². The number of halogens is 1. The number of aliphatic imine (C=N–C) groups is 1. The maximum Gasteiger partial charge on any atom is 0.312 e. The number of hydrogen-bond acceptors (Lipinski definition) is 6. The standard InChI is InChI=1S/C21H24ClN5O5/c1-25(2)20(31)21(32)26(3)14-5-4-10-27-17(14)24-15(16(28)19(27)30)18(29)23-11-12-6-8-13(22)9-7-12/h6-9,14-15H,4-5,10-11H2,1-3H3,(H,23,29)/t14-,15?/m0/s1. The van der Waals surface area contributed by atoms with Crippen LogP contribution in [0.2, 0.25) is 5.02 Å². The van der Waals surface area contributed by atoms with E-state index in [0.717, 1.165) is 10.5 Å². The fraction of sp³-hybridized carbons (Fsp3) is 0.429. The predicted octanol–water partition coefficient (Wildman–Crippen LogP) is -0.156. The van der Waals surface area contributed by atoms with Crippen LogP contribution in [0.3, 0.4) is 0 Å². The molecule has 11 heteroatoms. The van der Waals surface area contributed by atoms with Crippen molar-refractivity contribution < 1.29 is 24.0 Å². The number of fused-ring (bicyclic) bond motifs is 1. The SMILES string of the molecule is CN(C)C(=O)C(=O)N(C)[C@H]1CCCN2C(=O)C(=O)C(C(=O)NCc3ccc(Cl)cc3)N=C12. The third-order valence-corrected chi connectivity index (χ3v) is 5.66. The number of rotatable bonds is 4. The summed E-state index contributed by atoms with van der Waals surface area (Å²) < 4.78 is 0. The molecule has 3 rings (SSSR count). The summed E-state index contributed by atoms with van der Waals surface area (Å²) in [4.78, 5) is 70.4. The molecule has 1 aromatic carbocycles. The summed E-state index contributed by atoms with van der Waals surface area (Å²) in [5.74, 6) is -3.83. The number of carbonyl (C=O) groups excluding carboxylic acids is 5. The Morgan fingerprint density at radius 2 is 1.78 bits per heavy atom. The molecule has 1 unspecified atom stereocenters. The van der Waals surface area contributed by atoms with Crippen LogP contribution in [-0.2, 0) is 30.5 Å². The molecular weight excluding hydrogens is 438 g/mol. The maximum absolute atomic E-state index is 12.7. The van der Waals surface area contributed by atoms with E-state index in [1.54, 1.807) is 24.3 Å². The second-order valence-electron chi connectivity index (χ2n) is 7.83. The molecule has 1 saturated heterocycles. The van der Waals surface area contributed by atoms with E-state index < -0.39 is 41.5 Å². The van der Waals surface area contributed by atoms with Gasteiger partial charge in [0, 0.05) is 39.3 Å². The summed E-state index contributed by atoms with van der Waals surface area (Å²) in [6.45, 7) is 0.379. The molecule has 1 N–H and O–H groups in total. The molecule has 0 radical (unpaired) electrons. The minimum atomic E-state index is -1.55. The van der Waals surface area contributed by atoms with Crippen molar-refractivity contribution in [2.45, 2.75) is 31.5 Å². The van der Waals surface area contributed by atoms with Gasteiger partial charge in [0.2, 0.25) is 0 Å². The molecule has 0 aliphatic carbocycles. The second-order valence-corrected chi connectivity index (χ2v) is 8.27. The van der Waals surface area contributed by atoms with Gasteiger partial charge < -0.3 is 15.1 Å². The number of Topliss-reactive ketones (excluding diaryl/α,β-unsaturated/α-hetero) is 1. The molecule has 4 amide bonds. The molecular formula is C21H24ClN5O5. The van der Waals surface area contributed by atoms with Crippen molar-refractivity contribution in [2.75, 3.05) is 27.7 Å². The summed E-state index contributed by atoms with van der Waals surface area (Å²) in [6, 6.07) is 4.54. The maximum atomic E-state index is 12.7. The van der Waals surface area contributed by atoms with Gasteiger partial charge in [0.05, 0.1) is 6.04 Å². The van der Waals surface area contributed by atoms with Crippen LogP contribution in [0.15, 0.2) is 29.3 Å². The van der Waals surface area contributed by atoms with Crippen LogP contribution in [0.25, 0.3) is 0 Å². The monoisotopic (exact) mass is 461 g/mol. The number of carbonyl (C=O) groups is 5. The third kappa shape index (κ3) is 4.64. The van der Waals surface area contributed by atoms with Gasteiger partial charge in [-0.25, -0.2) is 4.99 Å². The summed E-state index contributed by atoms with van der Waals surface area (Å²) in [6.07, 6.45) is 0.961. The highest BCUT2D eigenvalue weighted by Crippen LogP contribution is 2.23. The van der Waals surface area contributed by atoms with Gasteiger partial charge >= 0.3 is 11.8 Å². The highest BCUT2D eigenvalue weighted by Gasteiger charge is 2.46. The van der Waals surface area contributed by atoms with Gasteiger partial charge in [-0.2, -0.15) is 0 Å². The zero-order chi connectivity index (χ0) is 23.6. The molecule has 0 spiro atoms. The van der Waals surface area contributed by atoms with Crippen molar-refractivity contribution in [2.24, 2.45) is 4.99 Å². The number of nitrogens with one attached hydrogen (secondary N) is 1. The Morgan fingerprint density at radius 1 is 1.12 bits per heavy atom. The molecule has 32 heavy (non-hydrogen) atoms. The molecule has 2 aliphatic heterocycles. The first-order valence-electron chi connectivity index (χ1n) is 10.1. The number of nitrogens with zero attached hydrogens (tertiary/aromatic N) is 4. The predicted molar refractivity (Wildman–Crippen MR) is 116 cm³/mol. The van der Waals surface area contributed by atoms with Crippen molar-refractivity contribution in [1.82, 2.24) is 20.0 Å². The lowest BCUT2D eigenvalue weighted by molar-refractivity contribution is -0.151. The zero-order valence-corrected chi connectivity index (χ0v) is 18.8. The van der Waals surface area contributed by atoms with Crippen molar-refractivity contribution in [3.05, 3.63) is 34.9 Å². The highest BCUT2D eigenvalue weighted by atomic mass is 35.5. The van der Waals surface area contributed by atoms with Crippen molar-refractivity contribution in [3.8, 4) is 0 Å². The van der Waals surface area contributed by atoms with Crippen LogP contribution in [0.5, 0.6) is 0 Å². The average molecular weight is 462 g/mol. The number of benzene rings is 1. The number of ketones is 1. The van der Waals surface area contributed by atoms with Crippen LogP contribution in [-0.4, -0.2) is 89.7 Å². The number of likely N-dealkylation sites (N-methyl/N-ethyl adjacent to an activating group) is 2. The van der Waals surface area contributed by atoms with E-state index in [2.05, 4.69) is 10.3 Å². The smallest absolute Gasteiger partial charge is 0.312 e. The van der Waals surface area contributed by atoms with Crippen LogP contribution in [0.4, 0.5) is 0 Å². The topological polar surface area (TPSA) is 119 Å². The Hall–Kier alpha value is -3.27. The van der Waals surface area contributed by atoms with Gasteiger partial charge in [0.15, 0.2) is 6.04 Å². The Morgan fingerprint density at radius 3 is 2.41 bits per heavy atom. The Labute approximate surface area is 190 Å². The second kappa shape index (κ2) is 9.47. The minimum absolute atomic E-state index is 0.127. The normalized spacial score (nSPS) is 20.2. The van der Waals surface area contributed by atoms with Gasteiger partial charge in [-0.15, -0.1) is 0 Å². The van der Waals surface area contributed by atoms with Crippen LogP contribution in [0.1, 0.15) is 18.4 Å². The Kier molecular flexibility index (Phi) is 6.93. The quantitative estimate of drug-likeness (QED) is 0.493. The fourth-order valence-corrected chi connectivity index (χ4v) is 3.71. The molecule has 0 saturated carbocycles. The third-order valence-electron chi connectivity index (χ3n) is 5.40. The summed E-state index contributed by atoms with van der Waals surface area (Å²) in [7, 11) is 4.36. The largest absolute Gasteiger partial charge is 0.350 e. The molecule has 1 fully saturated rings. The first kappa shape index (κ1) is 23.4. The van der Waals surface area contributed by atoms with E-state index in [1.807, 2.05) is 0 Å². The van der Waals surface area contributed by atoms with Crippen LogP contribution < -0.4 is 5.32 Å². The molecule has 2 aliphatic rings. The molecule has 170 valence electrons. The number of hydrogen-bond donors (Lipinski definition) is 1. The molecule has 10 nitrogen and oxygen atoms in total. The Bertz CT molecular complexity index is 991. The zero-order valence-electron chi connectivity index (χ0n) is 18.0. The average Bonchev–Trinajstić information content (AvgIpc) is 2.78. The Balaban J connectivity index is 1.82. The van der Waals surface area contributed by atoms with Gasteiger partial charge in [-0.1, -0.05) is 23.7 Å². The molecule has 0 bridgehead atoms. The van der Waals surface area contributed by atoms with E-state index in [1.165, 1.54) is 30.9 Å². The number of piperidine rings is 1. The molecule has 0 aromatic heterocycles. The van der Waals surface area contributed by atoms with Crippen LogP contribution in [0, 0.1) is 0 Å². The van der Waals surface area contributed by atoms with Crippen molar-refractivity contribution in [3.63, 3.8) is 0 Å². The fourth-order valence-electron chi connectivity index (χ4n) is 3.58. The lowest BCUT2D eigenvalue weighted by Gasteiger charge is -2.40. The highest BCUT2D eigenvalue weighted by molar-refractivity contribution is 6.46. The van der Waals surface area contributed by atoms with E-state index in [9.17, 15) is 24.0 Å². The summed E-state index contributed by atoms with van der Waals surface area (Å²) in [5.41, 5.74) is 0.759. The number of amides is 4. The lowest BCUT2D eigenvalue weighted by Crippen LogP contribution is -2.62. The van der Waals surface area contributed by atoms with E-state index in [0.29, 0.717) is 17.9 Å². The van der Waals surface area contributed by atoms with Gasteiger partial charge in [-0.05, 0) is 30.5 Å². The van der Waals surface area contributed by atoms with Gasteiger partial charge in [-0.3, -0.25) is 28.9 Å². The molecule has 2 heterocycles. The van der Waals surface area contributed by atoms with E-state index >= 15 is 0 Å². The van der Waals surface area contributed by atoms with Crippen molar-refractivity contribution >= 4 is 46.8 Å². The number of amidine groups is 1. The van der Waals surface area contributed by atoms with Crippen molar-refractivity contribution in [1.29, 1.82) is 0 Å². The summed E-state index contributed by atoms with van der Waals surface area (Å²) in [5, 5.41) is 3.16. The first-order chi connectivity index (χ1) is 15.1. The molecule has 1 aromatic rings. The summed E-state index contributed by atoms with van der Waals surface area (Å²) >= 11 is 5.85. The molecule has 2 atom stereocenters. The first-order valence-corrected chi connectivity index (χ1v) is 10.4. The van der Waals surface area contributed by atoms with Gasteiger partial charge in [0.1, 0.15) is 5.84 Å². The van der Waals surface area contributed by atoms with Gasteiger partial charge in [0.25, 0.3) is 17.6 Å².